The zero-order valence-electron chi connectivity index (χ0n) is 20.4. The Morgan fingerprint density at radius 1 is 1.00 bits per heavy atom. The van der Waals surface area contributed by atoms with Crippen LogP contribution in [0.1, 0.15) is 5.56 Å². The van der Waals surface area contributed by atoms with E-state index < -0.39 is 22.5 Å². The first-order valence-electron chi connectivity index (χ1n) is 11.0. The molecule has 3 aromatic rings. The summed E-state index contributed by atoms with van der Waals surface area (Å²) in [6.07, 6.45) is 2.32. The SMILES string of the molecule is COc1ccccc1NC(=O)COc1ccc(/C=N/NC(=O)CN(c2cccc(Cl)c2Cl)S(C)(=O)=O)cc1. The zero-order chi connectivity index (χ0) is 27.7. The van der Waals surface area contributed by atoms with E-state index in [0.29, 0.717) is 22.7 Å². The van der Waals surface area contributed by atoms with Gasteiger partial charge in [-0.1, -0.05) is 41.4 Å². The van der Waals surface area contributed by atoms with E-state index >= 15 is 0 Å². The molecule has 38 heavy (non-hydrogen) atoms. The van der Waals surface area contributed by atoms with Gasteiger partial charge in [-0.2, -0.15) is 5.10 Å². The van der Waals surface area contributed by atoms with E-state index in [0.717, 1.165) is 10.6 Å². The van der Waals surface area contributed by atoms with E-state index in [2.05, 4.69) is 15.8 Å². The molecule has 200 valence electrons. The lowest BCUT2D eigenvalue weighted by Gasteiger charge is -2.22. The molecule has 0 aliphatic heterocycles. The first-order valence-corrected chi connectivity index (χ1v) is 13.6. The quantitative estimate of drug-likeness (QED) is 0.262. The summed E-state index contributed by atoms with van der Waals surface area (Å²) in [4.78, 5) is 24.5. The summed E-state index contributed by atoms with van der Waals surface area (Å²) in [5.41, 5.74) is 3.51. The number of amides is 2. The molecule has 0 aliphatic carbocycles. The van der Waals surface area contributed by atoms with Gasteiger partial charge in [0.1, 0.15) is 18.0 Å². The highest BCUT2D eigenvalue weighted by Crippen LogP contribution is 2.33. The van der Waals surface area contributed by atoms with Gasteiger partial charge in [0.25, 0.3) is 11.8 Å². The fraction of sp³-hybridized carbons (Fsp3) is 0.160. The van der Waals surface area contributed by atoms with Crippen molar-refractivity contribution in [1.29, 1.82) is 0 Å². The number of carbonyl (C=O) groups excluding carboxylic acids is 2. The Labute approximate surface area is 230 Å². The lowest BCUT2D eigenvalue weighted by atomic mass is 10.2. The van der Waals surface area contributed by atoms with Gasteiger partial charge in [0, 0.05) is 0 Å². The maximum absolute atomic E-state index is 12.4. The minimum Gasteiger partial charge on any atom is -0.495 e. The second-order valence-electron chi connectivity index (χ2n) is 7.74. The van der Waals surface area contributed by atoms with Crippen molar-refractivity contribution < 1.29 is 27.5 Å². The van der Waals surface area contributed by atoms with Gasteiger partial charge >= 0.3 is 0 Å². The van der Waals surface area contributed by atoms with Crippen molar-refractivity contribution in [3.8, 4) is 11.5 Å². The number of carbonyl (C=O) groups is 2. The Morgan fingerprint density at radius 3 is 2.39 bits per heavy atom. The summed E-state index contributed by atoms with van der Waals surface area (Å²) in [5.74, 6) is -0.0637. The third kappa shape index (κ3) is 8.10. The molecule has 3 rings (SSSR count). The van der Waals surface area contributed by atoms with Crippen LogP contribution in [0, 0.1) is 0 Å². The molecular formula is C25H24Cl2N4O6S. The minimum atomic E-state index is -3.84. The largest absolute Gasteiger partial charge is 0.495 e. The van der Waals surface area contributed by atoms with Crippen LogP contribution >= 0.6 is 23.2 Å². The fourth-order valence-electron chi connectivity index (χ4n) is 3.14. The Balaban J connectivity index is 1.52. The molecule has 3 aromatic carbocycles. The molecular weight excluding hydrogens is 555 g/mol. The molecule has 0 heterocycles. The normalized spacial score (nSPS) is 11.2. The number of nitrogens with zero attached hydrogens (tertiary/aromatic N) is 2. The van der Waals surface area contributed by atoms with Gasteiger partial charge in [0.05, 0.1) is 41.0 Å². The van der Waals surface area contributed by atoms with E-state index in [4.69, 9.17) is 32.7 Å². The van der Waals surface area contributed by atoms with Gasteiger partial charge in [-0.05, 0) is 54.1 Å². The van der Waals surface area contributed by atoms with Crippen molar-refractivity contribution in [2.24, 2.45) is 5.10 Å². The maximum Gasteiger partial charge on any atom is 0.262 e. The Kier molecular flexibility index (Phi) is 9.94. The maximum atomic E-state index is 12.4. The van der Waals surface area contributed by atoms with Gasteiger partial charge in [0.2, 0.25) is 10.0 Å². The van der Waals surface area contributed by atoms with E-state index in [1.807, 2.05) is 0 Å². The minimum absolute atomic E-state index is 0.00970. The fourth-order valence-corrected chi connectivity index (χ4v) is 4.45. The van der Waals surface area contributed by atoms with Gasteiger partial charge in [-0.25, -0.2) is 13.8 Å². The van der Waals surface area contributed by atoms with E-state index in [-0.39, 0.29) is 28.2 Å². The molecule has 0 unspecified atom stereocenters. The predicted molar refractivity (Wildman–Crippen MR) is 148 cm³/mol. The van der Waals surface area contributed by atoms with Crippen molar-refractivity contribution in [3.05, 3.63) is 82.3 Å². The van der Waals surface area contributed by atoms with Gasteiger partial charge in [-0.15, -0.1) is 0 Å². The molecule has 0 aromatic heterocycles. The van der Waals surface area contributed by atoms with Crippen LogP contribution in [-0.4, -0.2) is 53.0 Å². The average molecular weight is 579 g/mol. The van der Waals surface area contributed by atoms with Crippen molar-refractivity contribution >= 4 is 62.6 Å². The molecule has 0 saturated heterocycles. The molecule has 0 fully saturated rings. The Morgan fingerprint density at radius 2 is 1.71 bits per heavy atom. The van der Waals surface area contributed by atoms with E-state index in [9.17, 15) is 18.0 Å². The molecule has 0 bridgehead atoms. The number of para-hydroxylation sites is 2. The number of hydrogen-bond donors (Lipinski definition) is 2. The van der Waals surface area contributed by atoms with Crippen molar-refractivity contribution in [2.75, 3.05) is 36.1 Å². The molecule has 0 radical (unpaired) electrons. The van der Waals surface area contributed by atoms with Gasteiger partial charge in [0.15, 0.2) is 6.61 Å². The van der Waals surface area contributed by atoms with Crippen molar-refractivity contribution in [2.45, 2.75) is 0 Å². The summed E-state index contributed by atoms with van der Waals surface area (Å²) >= 11 is 12.1. The number of benzene rings is 3. The summed E-state index contributed by atoms with van der Waals surface area (Å²) in [6.45, 7) is -0.769. The number of rotatable bonds is 11. The lowest BCUT2D eigenvalue weighted by molar-refractivity contribution is -0.119. The third-order valence-electron chi connectivity index (χ3n) is 4.92. The first-order chi connectivity index (χ1) is 18.1. The van der Waals surface area contributed by atoms with Crippen LogP contribution in [0.3, 0.4) is 0 Å². The summed E-state index contributed by atoms with van der Waals surface area (Å²) in [6, 6.07) is 18.1. The van der Waals surface area contributed by atoms with Crippen LogP contribution in [0.5, 0.6) is 11.5 Å². The molecule has 10 nitrogen and oxygen atoms in total. The van der Waals surface area contributed by atoms with E-state index in [1.165, 1.54) is 31.5 Å². The van der Waals surface area contributed by atoms with E-state index in [1.54, 1.807) is 48.5 Å². The summed E-state index contributed by atoms with van der Waals surface area (Å²) < 4.78 is 36.0. The molecule has 0 saturated carbocycles. The number of hydrogen-bond acceptors (Lipinski definition) is 7. The smallest absolute Gasteiger partial charge is 0.262 e. The highest BCUT2D eigenvalue weighted by molar-refractivity contribution is 7.92. The molecule has 2 N–H and O–H groups in total. The molecule has 2 amide bonds. The summed E-state index contributed by atoms with van der Waals surface area (Å²) in [7, 11) is -2.33. The molecule has 13 heteroatoms. The number of halogens is 2. The monoisotopic (exact) mass is 578 g/mol. The highest BCUT2D eigenvalue weighted by atomic mass is 35.5. The average Bonchev–Trinajstić information content (AvgIpc) is 2.88. The van der Waals surface area contributed by atoms with Crippen molar-refractivity contribution in [1.82, 2.24) is 5.43 Å². The first kappa shape index (κ1) is 28.8. The zero-order valence-corrected chi connectivity index (χ0v) is 22.7. The number of sulfonamides is 1. The van der Waals surface area contributed by atoms with Crippen LogP contribution in [0.25, 0.3) is 0 Å². The number of ether oxygens (including phenoxy) is 2. The van der Waals surface area contributed by atoms with Crippen LogP contribution < -0.4 is 24.5 Å². The number of anilines is 2. The third-order valence-corrected chi connectivity index (χ3v) is 6.86. The molecule has 0 spiro atoms. The number of hydrazone groups is 1. The van der Waals surface area contributed by atoms with Crippen LogP contribution in [-0.2, 0) is 19.6 Å². The Hall–Kier alpha value is -3.80. The van der Waals surface area contributed by atoms with Gasteiger partial charge in [-0.3, -0.25) is 13.9 Å². The topological polar surface area (TPSA) is 126 Å². The highest BCUT2D eigenvalue weighted by Gasteiger charge is 2.23. The second kappa shape index (κ2) is 13.1. The van der Waals surface area contributed by atoms with Crippen LogP contribution in [0.15, 0.2) is 71.8 Å². The second-order valence-corrected chi connectivity index (χ2v) is 10.4. The standard InChI is InChI=1S/C25H24Cl2N4O6S/c1-36-22-9-4-3-7-20(22)29-24(33)16-37-18-12-10-17(11-13-18)14-28-30-23(32)15-31(38(2,34)35)21-8-5-6-19(26)25(21)27/h3-14H,15-16H2,1-2H3,(H,29,33)(H,30,32)/b28-14+. The molecule has 0 atom stereocenters. The number of methoxy groups -OCH3 is 1. The molecule has 0 aliphatic rings. The number of nitrogens with one attached hydrogen (secondary N) is 2. The van der Waals surface area contributed by atoms with Gasteiger partial charge < -0.3 is 14.8 Å². The predicted octanol–water partition coefficient (Wildman–Crippen LogP) is 3.94. The van der Waals surface area contributed by atoms with Crippen LogP contribution in [0.4, 0.5) is 11.4 Å². The Bertz CT molecular complexity index is 1430. The summed E-state index contributed by atoms with van der Waals surface area (Å²) in [5, 5.41) is 6.73. The lowest BCUT2D eigenvalue weighted by Crippen LogP contribution is -2.39. The van der Waals surface area contributed by atoms with Crippen molar-refractivity contribution in [3.63, 3.8) is 0 Å². The van der Waals surface area contributed by atoms with Crippen LogP contribution in [0.2, 0.25) is 10.0 Å².